The summed E-state index contributed by atoms with van der Waals surface area (Å²) >= 11 is 3.65. The minimum Gasteiger partial charge on any atom is -0.497 e. The van der Waals surface area contributed by atoms with Crippen molar-refractivity contribution in [2.24, 2.45) is 0 Å². The molecule has 1 aliphatic heterocycles. The number of hydrogen-bond donors (Lipinski definition) is 0. The molecule has 0 spiro atoms. The minimum absolute atomic E-state index is 0.918. The van der Waals surface area contributed by atoms with Crippen molar-refractivity contribution in [1.29, 1.82) is 0 Å². The zero-order chi connectivity index (χ0) is 13.9. The average Bonchev–Trinajstić information content (AvgIpc) is 2.48. The normalized spacial score (nSPS) is 14.9. The highest BCUT2D eigenvalue weighted by molar-refractivity contribution is 9.10. The first kappa shape index (κ1) is 13.7. The van der Waals surface area contributed by atoms with Crippen molar-refractivity contribution in [2.75, 3.05) is 13.7 Å². The second-order valence-corrected chi connectivity index (χ2v) is 6.04. The van der Waals surface area contributed by atoms with E-state index in [4.69, 9.17) is 4.74 Å². The maximum Gasteiger partial charge on any atom is 0.118 e. The van der Waals surface area contributed by atoms with E-state index in [0.29, 0.717) is 0 Å². The molecule has 0 saturated carbocycles. The Hall–Kier alpha value is -1.32. The smallest absolute Gasteiger partial charge is 0.118 e. The van der Waals surface area contributed by atoms with Gasteiger partial charge in [0, 0.05) is 24.1 Å². The summed E-state index contributed by atoms with van der Waals surface area (Å²) < 4.78 is 6.45. The maximum atomic E-state index is 5.20. The molecule has 1 aliphatic rings. The monoisotopic (exact) mass is 331 g/mol. The van der Waals surface area contributed by atoms with Gasteiger partial charge in [-0.2, -0.15) is 0 Å². The van der Waals surface area contributed by atoms with E-state index < -0.39 is 0 Å². The van der Waals surface area contributed by atoms with Gasteiger partial charge in [-0.25, -0.2) is 0 Å². The number of hydrogen-bond acceptors (Lipinski definition) is 2. The van der Waals surface area contributed by atoms with Crippen molar-refractivity contribution >= 4 is 15.9 Å². The van der Waals surface area contributed by atoms with E-state index in [-0.39, 0.29) is 0 Å². The summed E-state index contributed by atoms with van der Waals surface area (Å²) in [5.41, 5.74) is 4.25. The maximum absolute atomic E-state index is 5.20. The summed E-state index contributed by atoms with van der Waals surface area (Å²) in [6.07, 6.45) is 1.12. The van der Waals surface area contributed by atoms with Gasteiger partial charge in [0.2, 0.25) is 0 Å². The van der Waals surface area contributed by atoms with Gasteiger partial charge in [-0.1, -0.05) is 40.2 Å². The molecule has 0 bridgehead atoms. The summed E-state index contributed by atoms with van der Waals surface area (Å²) in [6.45, 7) is 3.14. The van der Waals surface area contributed by atoms with Crippen LogP contribution >= 0.6 is 15.9 Å². The fourth-order valence-corrected chi connectivity index (χ4v) is 3.35. The van der Waals surface area contributed by atoms with Crippen molar-refractivity contribution in [1.82, 2.24) is 4.90 Å². The molecule has 104 valence electrons. The van der Waals surface area contributed by atoms with Gasteiger partial charge in [-0.3, -0.25) is 4.90 Å². The van der Waals surface area contributed by atoms with Crippen LogP contribution in [0.3, 0.4) is 0 Å². The van der Waals surface area contributed by atoms with Crippen LogP contribution in [0, 0.1) is 0 Å². The lowest BCUT2D eigenvalue weighted by molar-refractivity contribution is 0.245. The van der Waals surface area contributed by atoms with E-state index in [1.165, 1.54) is 21.2 Å². The lowest BCUT2D eigenvalue weighted by Crippen LogP contribution is -2.30. The van der Waals surface area contributed by atoms with Crippen LogP contribution in [0.2, 0.25) is 0 Å². The Morgan fingerprint density at radius 2 is 1.95 bits per heavy atom. The first-order valence-electron chi connectivity index (χ1n) is 6.88. The van der Waals surface area contributed by atoms with Crippen LogP contribution in [-0.4, -0.2) is 18.6 Å². The van der Waals surface area contributed by atoms with Crippen LogP contribution in [0.25, 0.3) is 0 Å². The summed E-state index contributed by atoms with van der Waals surface area (Å²) in [4.78, 5) is 2.50. The quantitative estimate of drug-likeness (QED) is 0.842. The minimum atomic E-state index is 0.918. The highest BCUT2D eigenvalue weighted by Gasteiger charge is 2.17. The third-order valence-corrected chi connectivity index (χ3v) is 4.60. The molecule has 1 heterocycles. The van der Waals surface area contributed by atoms with Gasteiger partial charge in [0.1, 0.15) is 5.75 Å². The van der Waals surface area contributed by atoms with Crippen LogP contribution < -0.4 is 4.74 Å². The molecule has 3 rings (SSSR count). The highest BCUT2D eigenvalue weighted by atomic mass is 79.9. The predicted octanol–water partition coefficient (Wildman–Crippen LogP) is 4.02. The Kier molecular flexibility index (Phi) is 4.08. The summed E-state index contributed by atoms with van der Waals surface area (Å²) in [6, 6.07) is 14.9. The molecule has 0 amide bonds. The molecule has 0 saturated heterocycles. The van der Waals surface area contributed by atoms with Crippen LogP contribution in [0.1, 0.15) is 16.7 Å². The van der Waals surface area contributed by atoms with Crippen molar-refractivity contribution < 1.29 is 4.74 Å². The molecule has 0 aromatic heterocycles. The van der Waals surface area contributed by atoms with Crippen molar-refractivity contribution in [3.8, 4) is 5.75 Å². The first-order chi connectivity index (χ1) is 9.76. The van der Waals surface area contributed by atoms with E-state index in [0.717, 1.165) is 31.8 Å². The van der Waals surface area contributed by atoms with Gasteiger partial charge in [-0.05, 0) is 41.3 Å². The van der Waals surface area contributed by atoms with Gasteiger partial charge in [0.15, 0.2) is 0 Å². The van der Waals surface area contributed by atoms with E-state index in [1.54, 1.807) is 7.11 Å². The Morgan fingerprint density at radius 1 is 1.15 bits per heavy atom. The lowest BCUT2D eigenvalue weighted by Gasteiger charge is -2.29. The Labute approximate surface area is 128 Å². The van der Waals surface area contributed by atoms with Crippen LogP contribution in [0.5, 0.6) is 5.75 Å². The highest BCUT2D eigenvalue weighted by Crippen LogP contribution is 2.27. The Bertz CT molecular complexity index is 594. The number of ether oxygens (including phenoxy) is 1. The van der Waals surface area contributed by atoms with E-state index in [2.05, 4.69) is 51.2 Å². The molecule has 0 radical (unpaired) electrons. The lowest BCUT2D eigenvalue weighted by atomic mass is 9.99. The van der Waals surface area contributed by atoms with Crippen LogP contribution in [0.4, 0.5) is 0 Å². The fraction of sp³-hybridized carbons (Fsp3) is 0.294. The van der Waals surface area contributed by atoms with Gasteiger partial charge >= 0.3 is 0 Å². The molecule has 2 aromatic carbocycles. The summed E-state index contributed by atoms with van der Waals surface area (Å²) in [5, 5.41) is 0. The topological polar surface area (TPSA) is 12.5 Å². The second kappa shape index (κ2) is 5.98. The molecule has 2 nitrogen and oxygen atoms in total. The number of rotatable bonds is 3. The number of fused-ring (bicyclic) bond motifs is 1. The molecule has 0 atom stereocenters. The predicted molar refractivity (Wildman–Crippen MR) is 85.0 cm³/mol. The third-order valence-electron chi connectivity index (χ3n) is 3.85. The standard InChI is InChI=1S/C17H18BrNO/c1-20-15-7-5-13(6-8-15)11-19-10-9-16-14(12-19)3-2-4-17(16)18/h2-8H,9-12H2,1H3. The van der Waals surface area contributed by atoms with E-state index in [9.17, 15) is 0 Å². The number of methoxy groups -OCH3 is 1. The van der Waals surface area contributed by atoms with Gasteiger partial charge < -0.3 is 4.74 Å². The summed E-state index contributed by atoms with van der Waals surface area (Å²) in [7, 11) is 1.70. The van der Waals surface area contributed by atoms with Crippen LogP contribution in [0.15, 0.2) is 46.9 Å². The number of halogens is 1. The fourth-order valence-electron chi connectivity index (χ4n) is 2.75. The summed E-state index contributed by atoms with van der Waals surface area (Å²) in [5.74, 6) is 0.918. The molecule has 0 fully saturated rings. The Balaban J connectivity index is 1.70. The molecule has 0 unspecified atom stereocenters. The SMILES string of the molecule is COc1ccc(CN2CCc3c(Br)cccc3C2)cc1. The van der Waals surface area contributed by atoms with Gasteiger partial charge in [-0.15, -0.1) is 0 Å². The van der Waals surface area contributed by atoms with Gasteiger partial charge in [0.05, 0.1) is 7.11 Å². The first-order valence-corrected chi connectivity index (χ1v) is 7.67. The van der Waals surface area contributed by atoms with Crippen molar-refractivity contribution in [3.63, 3.8) is 0 Å². The largest absolute Gasteiger partial charge is 0.497 e. The zero-order valence-electron chi connectivity index (χ0n) is 11.6. The second-order valence-electron chi connectivity index (χ2n) is 5.19. The van der Waals surface area contributed by atoms with Crippen molar-refractivity contribution in [3.05, 3.63) is 63.6 Å². The number of nitrogens with zero attached hydrogens (tertiary/aromatic N) is 1. The number of benzene rings is 2. The molecule has 3 heteroatoms. The van der Waals surface area contributed by atoms with Crippen LogP contribution in [-0.2, 0) is 19.5 Å². The molecule has 20 heavy (non-hydrogen) atoms. The molecular weight excluding hydrogens is 314 g/mol. The van der Waals surface area contributed by atoms with Gasteiger partial charge in [0.25, 0.3) is 0 Å². The Morgan fingerprint density at radius 3 is 2.70 bits per heavy atom. The molecule has 0 N–H and O–H groups in total. The zero-order valence-corrected chi connectivity index (χ0v) is 13.2. The molecule has 2 aromatic rings. The third kappa shape index (κ3) is 2.89. The van der Waals surface area contributed by atoms with E-state index in [1.807, 2.05) is 12.1 Å². The van der Waals surface area contributed by atoms with Crippen molar-refractivity contribution in [2.45, 2.75) is 19.5 Å². The molecular formula is C17H18BrNO. The average molecular weight is 332 g/mol. The molecule has 0 aliphatic carbocycles. The van der Waals surface area contributed by atoms with E-state index >= 15 is 0 Å².